The molecule has 0 radical (unpaired) electrons. The van der Waals surface area contributed by atoms with Gasteiger partial charge in [-0.2, -0.15) is 0 Å². The summed E-state index contributed by atoms with van der Waals surface area (Å²) < 4.78 is 5.69. The van der Waals surface area contributed by atoms with Crippen LogP contribution in [0.15, 0.2) is 18.2 Å². The fraction of sp³-hybridized carbons (Fsp3) is 0.600. The highest BCUT2D eigenvalue weighted by molar-refractivity contribution is 5.45. The van der Waals surface area contributed by atoms with Gasteiger partial charge >= 0.3 is 0 Å². The minimum Gasteiger partial charge on any atom is -0.507 e. The highest BCUT2D eigenvalue weighted by Crippen LogP contribution is 2.36. The van der Waals surface area contributed by atoms with Gasteiger partial charge in [-0.3, -0.25) is 4.90 Å². The van der Waals surface area contributed by atoms with Crippen LogP contribution >= 0.6 is 0 Å². The molecule has 4 nitrogen and oxygen atoms in total. The summed E-state index contributed by atoms with van der Waals surface area (Å²) in [6.07, 6.45) is 2.43. The van der Waals surface area contributed by atoms with Crippen molar-refractivity contribution in [1.29, 1.82) is 0 Å². The van der Waals surface area contributed by atoms with Crippen molar-refractivity contribution in [3.05, 3.63) is 23.8 Å². The van der Waals surface area contributed by atoms with E-state index >= 15 is 0 Å². The highest BCUT2D eigenvalue weighted by atomic mass is 16.5. The number of hydrogen-bond acceptors (Lipinski definition) is 4. The molecule has 0 amide bonds. The first-order chi connectivity index (χ1) is 9.13. The van der Waals surface area contributed by atoms with Crippen LogP contribution in [0.3, 0.4) is 0 Å². The molecule has 1 fully saturated rings. The number of aromatic hydroxyl groups is 2. The Labute approximate surface area is 114 Å². The molecule has 0 bridgehead atoms. The first-order valence-electron chi connectivity index (χ1n) is 7.00. The van der Waals surface area contributed by atoms with E-state index in [-0.39, 0.29) is 23.6 Å². The molecule has 2 unspecified atom stereocenters. The smallest absolute Gasteiger partial charge is 0.124 e. The van der Waals surface area contributed by atoms with Gasteiger partial charge in [0.25, 0.3) is 0 Å². The van der Waals surface area contributed by atoms with Crippen molar-refractivity contribution < 1.29 is 14.9 Å². The minimum atomic E-state index is -0.00976. The average Bonchev–Trinajstić information content (AvgIpc) is 2.39. The topological polar surface area (TPSA) is 52.9 Å². The highest BCUT2D eigenvalue weighted by Gasteiger charge is 2.27. The monoisotopic (exact) mass is 265 g/mol. The van der Waals surface area contributed by atoms with Crippen LogP contribution < -0.4 is 0 Å². The summed E-state index contributed by atoms with van der Waals surface area (Å²) in [5.41, 5.74) is 0.611. The van der Waals surface area contributed by atoms with Gasteiger partial charge in [-0.25, -0.2) is 0 Å². The molecule has 4 heteroatoms. The van der Waals surface area contributed by atoms with Gasteiger partial charge in [0.2, 0.25) is 0 Å². The van der Waals surface area contributed by atoms with Crippen LogP contribution in [0.5, 0.6) is 11.5 Å². The zero-order valence-corrected chi connectivity index (χ0v) is 11.7. The lowest BCUT2D eigenvalue weighted by Crippen LogP contribution is -2.41. The molecule has 106 valence electrons. The lowest BCUT2D eigenvalue weighted by molar-refractivity contribution is -0.00590. The number of benzene rings is 1. The summed E-state index contributed by atoms with van der Waals surface area (Å²) in [6.45, 7) is 6.58. The van der Waals surface area contributed by atoms with E-state index in [4.69, 9.17) is 4.74 Å². The van der Waals surface area contributed by atoms with E-state index in [0.29, 0.717) is 5.56 Å². The van der Waals surface area contributed by atoms with Gasteiger partial charge in [-0.15, -0.1) is 0 Å². The number of rotatable bonds is 4. The van der Waals surface area contributed by atoms with Crippen molar-refractivity contribution in [2.75, 3.05) is 19.7 Å². The Hall–Kier alpha value is -1.26. The summed E-state index contributed by atoms with van der Waals surface area (Å²) >= 11 is 0. The van der Waals surface area contributed by atoms with E-state index in [1.807, 2.05) is 13.8 Å². The molecule has 2 atom stereocenters. The van der Waals surface area contributed by atoms with Crippen LogP contribution in [0.25, 0.3) is 0 Å². The van der Waals surface area contributed by atoms with Gasteiger partial charge in [0.15, 0.2) is 0 Å². The van der Waals surface area contributed by atoms with Crippen LogP contribution in [-0.2, 0) is 4.74 Å². The summed E-state index contributed by atoms with van der Waals surface area (Å²) in [7, 11) is 0. The second-order valence-electron chi connectivity index (χ2n) is 5.10. The number of phenols is 2. The van der Waals surface area contributed by atoms with E-state index in [1.165, 1.54) is 0 Å². The van der Waals surface area contributed by atoms with Crippen molar-refractivity contribution in [2.45, 2.75) is 38.8 Å². The van der Waals surface area contributed by atoms with Crippen LogP contribution in [0.1, 0.15) is 38.3 Å². The summed E-state index contributed by atoms with van der Waals surface area (Å²) in [5, 5.41) is 19.9. The molecule has 0 aromatic heterocycles. The molecule has 1 aliphatic heterocycles. The maximum atomic E-state index is 9.94. The van der Waals surface area contributed by atoms with Gasteiger partial charge in [0.05, 0.1) is 11.7 Å². The van der Waals surface area contributed by atoms with Crippen molar-refractivity contribution >= 4 is 0 Å². The zero-order valence-electron chi connectivity index (χ0n) is 11.7. The molecule has 1 heterocycles. The molecule has 19 heavy (non-hydrogen) atoms. The van der Waals surface area contributed by atoms with Crippen molar-refractivity contribution in [2.24, 2.45) is 0 Å². The lowest BCUT2D eigenvalue weighted by Gasteiger charge is -2.37. The first-order valence-corrected chi connectivity index (χ1v) is 7.00. The standard InChI is InChI=1S/C15H23NO3/c1-3-19-12-6-5-9-16(10-12)11(2)15-13(17)7-4-8-14(15)18/h4,7-8,11-12,17-18H,3,5-6,9-10H2,1-2H3. The third kappa shape index (κ3) is 3.19. The van der Waals surface area contributed by atoms with E-state index in [1.54, 1.807) is 18.2 Å². The number of nitrogens with zero attached hydrogens (tertiary/aromatic N) is 1. The second kappa shape index (κ2) is 6.26. The third-order valence-electron chi connectivity index (χ3n) is 3.84. The van der Waals surface area contributed by atoms with Gasteiger partial charge in [-0.05, 0) is 45.4 Å². The lowest BCUT2D eigenvalue weighted by atomic mass is 10.00. The number of piperidine rings is 1. The fourth-order valence-electron chi connectivity index (χ4n) is 2.84. The molecule has 1 aromatic rings. The molecule has 2 rings (SSSR count). The quantitative estimate of drug-likeness (QED) is 0.878. The predicted octanol–water partition coefficient (Wildman–Crippen LogP) is 2.66. The fourth-order valence-corrected chi connectivity index (χ4v) is 2.84. The normalized spacial score (nSPS) is 22.3. The Morgan fingerprint density at radius 3 is 2.68 bits per heavy atom. The molecule has 1 aliphatic rings. The Morgan fingerprint density at radius 2 is 2.05 bits per heavy atom. The molecule has 2 N–H and O–H groups in total. The van der Waals surface area contributed by atoms with Crippen molar-refractivity contribution in [3.8, 4) is 11.5 Å². The minimum absolute atomic E-state index is 0.00976. The summed E-state index contributed by atoms with van der Waals surface area (Å²) in [6, 6.07) is 4.88. The van der Waals surface area contributed by atoms with Crippen LogP contribution in [0, 0.1) is 0 Å². The molecule has 0 saturated carbocycles. The van der Waals surface area contributed by atoms with Gasteiger partial charge < -0.3 is 14.9 Å². The maximum absolute atomic E-state index is 9.94. The second-order valence-corrected chi connectivity index (χ2v) is 5.10. The Balaban J connectivity index is 2.12. The average molecular weight is 265 g/mol. The van der Waals surface area contributed by atoms with Crippen molar-refractivity contribution in [3.63, 3.8) is 0 Å². The molecule has 0 spiro atoms. The van der Waals surface area contributed by atoms with Gasteiger partial charge in [-0.1, -0.05) is 6.07 Å². The van der Waals surface area contributed by atoms with Gasteiger partial charge in [0.1, 0.15) is 11.5 Å². The maximum Gasteiger partial charge on any atom is 0.124 e. The number of likely N-dealkylation sites (tertiary alicyclic amines) is 1. The van der Waals surface area contributed by atoms with E-state index in [2.05, 4.69) is 4.90 Å². The molecule has 1 saturated heterocycles. The third-order valence-corrected chi connectivity index (χ3v) is 3.84. The largest absolute Gasteiger partial charge is 0.507 e. The van der Waals surface area contributed by atoms with Crippen LogP contribution in [0.4, 0.5) is 0 Å². The molecular formula is C15H23NO3. The SMILES string of the molecule is CCOC1CCCN(C(C)c2c(O)cccc2O)C1. The molecule has 0 aliphatic carbocycles. The molecule has 1 aromatic carbocycles. The first kappa shape index (κ1) is 14.2. The summed E-state index contributed by atoms with van der Waals surface area (Å²) in [5.74, 6) is 0.317. The Kier molecular flexibility index (Phi) is 4.66. The Morgan fingerprint density at radius 1 is 1.37 bits per heavy atom. The number of hydrogen-bond donors (Lipinski definition) is 2. The number of ether oxygens (including phenoxy) is 1. The Bertz CT molecular complexity index is 400. The zero-order chi connectivity index (χ0) is 13.8. The van der Waals surface area contributed by atoms with E-state index < -0.39 is 0 Å². The van der Waals surface area contributed by atoms with Gasteiger partial charge in [0, 0.05) is 19.2 Å². The summed E-state index contributed by atoms with van der Waals surface area (Å²) in [4.78, 5) is 2.26. The van der Waals surface area contributed by atoms with E-state index in [9.17, 15) is 10.2 Å². The van der Waals surface area contributed by atoms with E-state index in [0.717, 1.165) is 32.5 Å². The molecular weight excluding hydrogens is 242 g/mol. The van der Waals surface area contributed by atoms with Crippen LogP contribution in [0.2, 0.25) is 0 Å². The predicted molar refractivity (Wildman–Crippen MR) is 74.4 cm³/mol. The van der Waals surface area contributed by atoms with Crippen LogP contribution in [-0.4, -0.2) is 40.9 Å². The number of phenolic OH excluding ortho intramolecular Hbond substituents is 2. The van der Waals surface area contributed by atoms with Crippen molar-refractivity contribution in [1.82, 2.24) is 4.90 Å².